The molecule has 0 fully saturated rings. The van der Waals surface area contributed by atoms with Crippen LogP contribution in [0.25, 0.3) is 0 Å². The van der Waals surface area contributed by atoms with E-state index in [1.54, 1.807) is 6.92 Å². The molecule has 5 nitrogen and oxygen atoms in total. The zero-order valence-corrected chi connectivity index (χ0v) is 8.57. The van der Waals surface area contributed by atoms with Gasteiger partial charge in [-0.15, -0.1) is 0 Å². The quantitative estimate of drug-likeness (QED) is 0.314. The molecule has 0 saturated carbocycles. The van der Waals surface area contributed by atoms with Gasteiger partial charge in [0, 0.05) is 7.05 Å². The Morgan fingerprint density at radius 2 is 2.00 bits per heavy atom. The molecule has 0 aliphatic rings. The van der Waals surface area contributed by atoms with Crippen molar-refractivity contribution in [1.82, 2.24) is 5.01 Å². The van der Waals surface area contributed by atoms with Gasteiger partial charge in [0.2, 0.25) is 0 Å². The summed E-state index contributed by atoms with van der Waals surface area (Å²) in [7, 11) is 1.50. The summed E-state index contributed by atoms with van der Waals surface area (Å²) >= 11 is 0. The summed E-state index contributed by atoms with van der Waals surface area (Å²) in [5, 5.41) is 11.4. The summed E-state index contributed by atoms with van der Waals surface area (Å²) in [6.07, 6.45) is 1.35. The van der Waals surface area contributed by atoms with Crippen LogP contribution in [0, 0.1) is 10.1 Å². The molecule has 0 atom stereocenters. The summed E-state index contributed by atoms with van der Waals surface area (Å²) < 4.78 is 0. The van der Waals surface area contributed by atoms with E-state index >= 15 is 0 Å². The maximum atomic E-state index is 10.3. The molecule has 0 aliphatic heterocycles. The number of hydrogen-bond acceptors (Lipinski definition) is 4. The number of hydrazine groups is 1. The largest absolute Gasteiger partial charge is 0.308 e. The van der Waals surface area contributed by atoms with E-state index in [0.29, 0.717) is 0 Å². The second-order valence-electron chi connectivity index (χ2n) is 1.99. The third-order valence-corrected chi connectivity index (χ3v) is 1.19. The maximum Gasteiger partial charge on any atom is 0.289 e. The van der Waals surface area contributed by atoms with Crippen LogP contribution in [-0.4, -0.2) is 17.0 Å². The molecule has 13 heavy (non-hydrogen) atoms. The lowest BCUT2D eigenvalue weighted by atomic mass is 10.3. The lowest BCUT2D eigenvalue weighted by molar-refractivity contribution is -0.422. The Morgan fingerprint density at radius 3 is 2.08 bits per heavy atom. The van der Waals surface area contributed by atoms with Crippen molar-refractivity contribution in [3.05, 3.63) is 34.2 Å². The maximum absolute atomic E-state index is 10.3. The van der Waals surface area contributed by atoms with Gasteiger partial charge in [0.1, 0.15) is 5.70 Å². The minimum Gasteiger partial charge on any atom is -0.308 e. The number of nitrogens with zero attached hydrogens (tertiary/aromatic N) is 2. The lowest BCUT2D eigenvalue weighted by Gasteiger charge is -2.11. The first kappa shape index (κ1) is 14.2. The van der Waals surface area contributed by atoms with Gasteiger partial charge < -0.3 is 5.01 Å². The molecule has 0 aromatic carbocycles. The van der Waals surface area contributed by atoms with Crippen LogP contribution in [0.2, 0.25) is 0 Å². The Labute approximate surface area is 78.6 Å². The molecule has 0 aliphatic carbocycles. The van der Waals surface area contributed by atoms with Crippen molar-refractivity contribution in [2.75, 3.05) is 7.05 Å². The number of likely N-dealkylation sites (N-methyl/N-ethyl adjacent to an activating group) is 1. The zero-order chi connectivity index (χ0) is 11.0. The van der Waals surface area contributed by atoms with Crippen LogP contribution >= 0.6 is 0 Å². The Morgan fingerprint density at radius 1 is 1.62 bits per heavy atom. The molecule has 0 aromatic heterocycles. The molecular formula is C8H17N3O2. The van der Waals surface area contributed by atoms with Crippen molar-refractivity contribution in [3.8, 4) is 0 Å². The van der Waals surface area contributed by atoms with Gasteiger partial charge in [-0.05, 0) is 13.0 Å². The Kier molecular flexibility index (Phi) is 7.96. The van der Waals surface area contributed by atoms with Gasteiger partial charge in [-0.2, -0.15) is 0 Å². The fourth-order valence-electron chi connectivity index (χ4n) is 0.558. The second kappa shape index (κ2) is 7.30. The first-order valence-corrected chi connectivity index (χ1v) is 3.99. The first-order valence-electron chi connectivity index (χ1n) is 3.99. The van der Waals surface area contributed by atoms with Crippen molar-refractivity contribution in [1.29, 1.82) is 0 Å². The molecule has 76 valence electrons. The molecule has 0 radical (unpaired) electrons. The zero-order valence-electron chi connectivity index (χ0n) is 8.57. The monoisotopic (exact) mass is 187 g/mol. The van der Waals surface area contributed by atoms with Crippen LogP contribution in [0.5, 0.6) is 0 Å². The van der Waals surface area contributed by atoms with E-state index in [0.717, 1.165) is 5.01 Å². The van der Waals surface area contributed by atoms with Gasteiger partial charge in [0.15, 0.2) is 0 Å². The van der Waals surface area contributed by atoms with Crippen LogP contribution in [0.4, 0.5) is 0 Å². The van der Waals surface area contributed by atoms with Crippen LogP contribution < -0.4 is 5.84 Å². The second-order valence-corrected chi connectivity index (χ2v) is 1.99. The van der Waals surface area contributed by atoms with Crippen LogP contribution in [0.15, 0.2) is 24.0 Å². The van der Waals surface area contributed by atoms with Crippen molar-refractivity contribution >= 4 is 0 Å². The molecular weight excluding hydrogens is 170 g/mol. The average Bonchev–Trinajstić information content (AvgIpc) is 2.08. The highest BCUT2D eigenvalue weighted by Crippen LogP contribution is 2.08. The van der Waals surface area contributed by atoms with Crippen LogP contribution in [-0.2, 0) is 0 Å². The molecule has 0 heterocycles. The molecule has 0 amide bonds. The molecule has 0 aromatic rings. The van der Waals surface area contributed by atoms with E-state index in [2.05, 4.69) is 6.58 Å². The molecule has 0 rings (SSSR count). The van der Waals surface area contributed by atoms with Gasteiger partial charge in [-0.3, -0.25) is 10.1 Å². The molecule has 0 bridgehead atoms. The third-order valence-electron chi connectivity index (χ3n) is 1.19. The van der Waals surface area contributed by atoms with Gasteiger partial charge in [-0.1, -0.05) is 20.4 Å². The van der Waals surface area contributed by atoms with Crippen molar-refractivity contribution in [3.63, 3.8) is 0 Å². The minimum atomic E-state index is -0.522. The molecule has 0 spiro atoms. The number of allylic oxidation sites excluding steroid dienone is 1. The average molecular weight is 187 g/mol. The minimum absolute atomic E-state index is 0.0741. The van der Waals surface area contributed by atoms with Gasteiger partial charge >= 0.3 is 0 Å². The van der Waals surface area contributed by atoms with E-state index in [4.69, 9.17) is 5.84 Å². The third kappa shape index (κ3) is 4.97. The van der Waals surface area contributed by atoms with Crippen molar-refractivity contribution in [2.24, 2.45) is 5.84 Å². The van der Waals surface area contributed by atoms with Crippen molar-refractivity contribution in [2.45, 2.75) is 20.8 Å². The fourth-order valence-corrected chi connectivity index (χ4v) is 0.558. The highest BCUT2D eigenvalue weighted by Gasteiger charge is 2.15. The number of nitro groups is 1. The highest BCUT2D eigenvalue weighted by atomic mass is 16.6. The predicted molar refractivity (Wildman–Crippen MR) is 53.2 cm³/mol. The summed E-state index contributed by atoms with van der Waals surface area (Å²) in [6.45, 7) is 9.00. The Bertz CT molecular complexity index is 209. The molecule has 5 heteroatoms. The van der Waals surface area contributed by atoms with Gasteiger partial charge in [0.05, 0.1) is 4.92 Å². The van der Waals surface area contributed by atoms with Gasteiger partial charge in [-0.25, -0.2) is 5.84 Å². The molecule has 0 saturated heterocycles. The van der Waals surface area contributed by atoms with Gasteiger partial charge in [0.25, 0.3) is 5.70 Å². The lowest BCUT2D eigenvalue weighted by Crippen LogP contribution is -2.27. The highest BCUT2D eigenvalue weighted by molar-refractivity contribution is 5.18. The number of nitrogens with two attached hydrogens (primary N) is 1. The Hall–Kier alpha value is -1.36. The number of rotatable bonds is 3. The van der Waals surface area contributed by atoms with Crippen LogP contribution in [0.3, 0.4) is 0 Å². The topological polar surface area (TPSA) is 72.4 Å². The van der Waals surface area contributed by atoms with E-state index in [1.807, 2.05) is 13.8 Å². The first-order chi connectivity index (χ1) is 6.00. The summed E-state index contributed by atoms with van der Waals surface area (Å²) in [5.41, 5.74) is 0.118. The van der Waals surface area contributed by atoms with E-state index in [1.165, 1.54) is 13.1 Å². The van der Waals surface area contributed by atoms with Crippen LogP contribution in [0.1, 0.15) is 20.8 Å². The van der Waals surface area contributed by atoms with E-state index in [9.17, 15) is 10.1 Å². The summed E-state index contributed by atoms with van der Waals surface area (Å²) in [5.74, 6) is 5.24. The van der Waals surface area contributed by atoms with Crippen molar-refractivity contribution < 1.29 is 4.92 Å². The van der Waals surface area contributed by atoms with E-state index in [-0.39, 0.29) is 11.4 Å². The molecule has 0 unspecified atom stereocenters. The smallest absolute Gasteiger partial charge is 0.289 e. The van der Waals surface area contributed by atoms with E-state index < -0.39 is 4.92 Å². The summed E-state index contributed by atoms with van der Waals surface area (Å²) in [4.78, 5) is 9.75. The standard InChI is InChI=1S/C6H11N3O2.C2H6/c1-4-6(9(10)11)5(2)8(3)7;1-2/h4H,2,7H2,1,3H3;1-2H3/b6-4+;. The summed E-state index contributed by atoms with van der Waals surface area (Å²) in [6, 6.07) is 0. The Balaban J connectivity index is 0. The number of hydrogen-bond donors (Lipinski definition) is 1. The fraction of sp³-hybridized carbons (Fsp3) is 0.500. The predicted octanol–water partition coefficient (Wildman–Crippen LogP) is 1.51. The normalized spacial score (nSPS) is 9.77. The SMILES string of the molecule is C=C(/C(=C\C)[N+](=O)[O-])N(C)N.CC. The molecule has 2 N–H and O–H groups in total.